The second-order valence-corrected chi connectivity index (χ2v) is 26.6. The van der Waals surface area contributed by atoms with Gasteiger partial charge in [-0.25, -0.2) is 0 Å². The second-order valence-electron chi connectivity index (χ2n) is 24.6. The molecule has 3 saturated heterocycles. The van der Waals surface area contributed by atoms with E-state index in [1.807, 2.05) is 77.7 Å². The van der Waals surface area contributed by atoms with Gasteiger partial charge in [0, 0.05) is 56.1 Å². The molecule has 9 rings (SSSR count). The Morgan fingerprint density at radius 2 is 0.651 bits per heavy atom. The number of aliphatic hydroxyl groups is 3. The highest BCUT2D eigenvalue weighted by Crippen LogP contribution is 2.37. The van der Waals surface area contributed by atoms with Crippen LogP contribution in [0.3, 0.4) is 0 Å². The summed E-state index contributed by atoms with van der Waals surface area (Å²) in [5.41, 5.74) is 5.92. The van der Waals surface area contributed by atoms with E-state index >= 15 is 0 Å². The van der Waals surface area contributed by atoms with E-state index in [4.69, 9.17) is 47.1 Å². The summed E-state index contributed by atoms with van der Waals surface area (Å²) >= 11 is 0. The van der Waals surface area contributed by atoms with Crippen LogP contribution in [0.4, 0.5) is 0 Å². The molecule has 17 heteroatoms. The van der Waals surface area contributed by atoms with Crippen molar-refractivity contribution in [2.24, 2.45) is 0 Å². The van der Waals surface area contributed by atoms with E-state index in [9.17, 15) is 20.1 Å². The smallest absolute Gasteiger partial charge is 0.318 e. The van der Waals surface area contributed by atoms with E-state index in [0.717, 1.165) is 70.4 Å². The monoisotopic (exact) mass is 1200 g/mol. The highest BCUT2D eigenvalue weighted by Gasteiger charge is 2.29. The van der Waals surface area contributed by atoms with Crippen molar-refractivity contribution in [2.45, 2.75) is 107 Å². The minimum absolute atomic E-state index is 0.0206. The highest BCUT2D eigenvalue weighted by molar-refractivity contribution is 6.42. The molecule has 464 valence electrons. The van der Waals surface area contributed by atoms with Gasteiger partial charge >= 0.3 is 9.28 Å². The highest BCUT2D eigenvalue weighted by atomic mass is 28.3. The van der Waals surface area contributed by atoms with E-state index in [2.05, 4.69) is 119 Å². The summed E-state index contributed by atoms with van der Waals surface area (Å²) in [5, 5.41) is 34.8. The predicted octanol–water partition coefficient (Wildman–Crippen LogP) is 8.47. The van der Waals surface area contributed by atoms with Crippen molar-refractivity contribution in [1.29, 1.82) is 0 Å². The van der Waals surface area contributed by atoms with Crippen molar-refractivity contribution in [3.05, 3.63) is 179 Å². The number of nitrogens with zero attached hydrogens (tertiary/aromatic N) is 2. The third-order valence-corrected chi connectivity index (χ3v) is 18.1. The molecule has 3 heterocycles. The van der Waals surface area contributed by atoms with Gasteiger partial charge in [0.15, 0.2) is 0 Å². The van der Waals surface area contributed by atoms with Gasteiger partial charge in [0.25, 0.3) is 0 Å². The molecule has 7 unspecified atom stereocenters. The Kier molecular flexibility index (Phi) is 22.6. The lowest BCUT2D eigenvalue weighted by Crippen LogP contribution is -2.46. The lowest BCUT2D eigenvalue weighted by Gasteiger charge is -2.31. The number of benzene rings is 6. The predicted molar refractivity (Wildman–Crippen MR) is 334 cm³/mol. The third kappa shape index (κ3) is 19.5. The standard InChI is InChI=1S/C69H90N2O14Si/c1-67(2,52-15-27-61(28-16-52)80-43-64-46-83-64)49-9-21-58(22-10-49)77-40-55(72)37-70(33-8-36-86(75)76-7)34-35-71(38-56(73)41-78-59-23-11-50(12-24-59)68(3,4)53-17-29-62(30-18-53)81-44-65-47-84-65)39-57(74)42-79-60-25-13-51(14-26-60)69(5,6)54-19-31-63(32-20-54)82-45-66-48-85-66/h9-32,55-57,64-66,72-75,86H,8,33-48H2,1-7H3. The SMILES string of the molecule is CO[SiH](O)CCCN(CCN(CC(O)COc1ccc(C(C)(C)c2ccc(OCC3CO3)cc2)cc1)CC(O)COc1ccc(C(C)(C)c2ccc(OCC3CO3)cc2)cc1)CC(O)COc1ccc(C(C)(C)c2ccc(OCC3CO3)cc2)cc1. The maximum absolute atomic E-state index is 11.6. The number of epoxide rings is 3. The van der Waals surface area contributed by atoms with Crippen molar-refractivity contribution in [3.63, 3.8) is 0 Å². The molecule has 86 heavy (non-hydrogen) atoms. The molecule has 0 bridgehead atoms. The molecule has 0 amide bonds. The number of aliphatic hydroxyl groups excluding tert-OH is 3. The molecule has 3 fully saturated rings. The maximum Gasteiger partial charge on any atom is 0.318 e. The molecule has 0 saturated carbocycles. The average molecular weight is 1200 g/mol. The zero-order chi connectivity index (χ0) is 60.7. The zero-order valence-electron chi connectivity index (χ0n) is 51.2. The minimum Gasteiger partial charge on any atom is -0.491 e. The van der Waals surface area contributed by atoms with Gasteiger partial charge in [-0.2, -0.15) is 0 Å². The fourth-order valence-electron chi connectivity index (χ4n) is 10.4. The molecule has 16 nitrogen and oxygen atoms in total. The van der Waals surface area contributed by atoms with Gasteiger partial charge in [0.2, 0.25) is 0 Å². The Morgan fingerprint density at radius 1 is 0.407 bits per heavy atom. The first kappa shape index (κ1) is 64.4. The quantitative estimate of drug-likeness (QED) is 0.0213. The Labute approximate surface area is 510 Å². The van der Waals surface area contributed by atoms with Crippen LogP contribution < -0.4 is 28.4 Å². The van der Waals surface area contributed by atoms with Crippen LogP contribution in [0.5, 0.6) is 34.5 Å². The molecule has 3 aliphatic rings. The topological polar surface area (TPSA) is 190 Å². The maximum atomic E-state index is 11.6. The Balaban J connectivity index is 0.810. The van der Waals surface area contributed by atoms with Gasteiger partial charge in [-0.1, -0.05) is 114 Å². The average Bonchev–Trinajstić information content (AvgIpc) is 2.90. The molecule has 0 aliphatic carbocycles. The Morgan fingerprint density at radius 3 is 0.907 bits per heavy atom. The van der Waals surface area contributed by atoms with Crippen LogP contribution in [0.1, 0.15) is 81.3 Å². The third-order valence-electron chi connectivity index (χ3n) is 16.6. The molecule has 7 atom stereocenters. The molecule has 4 N–H and O–H groups in total. The summed E-state index contributed by atoms with van der Waals surface area (Å²) in [6.07, 6.45) is -1.43. The van der Waals surface area contributed by atoms with Crippen molar-refractivity contribution in [2.75, 3.05) is 106 Å². The Hall–Kier alpha value is -6.06. The van der Waals surface area contributed by atoms with E-state index in [1.165, 1.54) is 7.11 Å². The molecular formula is C69H90N2O14Si. The van der Waals surface area contributed by atoms with Crippen LogP contribution in [0.25, 0.3) is 0 Å². The van der Waals surface area contributed by atoms with E-state index in [-0.39, 0.29) is 67.5 Å². The fraction of sp³-hybridized carbons (Fsp3) is 0.478. The summed E-state index contributed by atoms with van der Waals surface area (Å²) in [7, 11) is -0.795. The normalized spacial score (nSPS) is 18.0. The molecule has 3 aliphatic heterocycles. The van der Waals surface area contributed by atoms with Crippen LogP contribution >= 0.6 is 0 Å². The van der Waals surface area contributed by atoms with E-state index < -0.39 is 27.6 Å². The summed E-state index contributed by atoms with van der Waals surface area (Å²) in [6, 6.07) is 49.1. The first-order valence-corrected chi connectivity index (χ1v) is 32.1. The molecule has 0 spiro atoms. The van der Waals surface area contributed by atoms with Gasteiger partial charge in [-0.05, 0) is 125 Å². The van der Waals surface area contributed by atoms with E-state index in [0.29, 0.717) is 75.7 Å². The van der Waals surface area contributed by atoms with Crippen LogP contribution in [0.15, 0.2) is 146 Å². The van der Waals surface area contributed by atoms with Crippen LogP contribution in [0.2, 0.25) is 6.04 Å². The van der Waals surface area contributed by atoms with Gasteiger partial charge in [0.1, 0.15) is 111 Å². The summed E-state index contributed by atoms with van der Waals surface area (Å²) in [4.78, 5) is 14.6. The van der Waals surface area contributed by atoms with Crippen molar-refractivity contribution >= 4 is 9.28 Å². The first-order chi connectivity index (χ1) is 41.4. The lowest BCUT2D eigenvalue weighted by atomic mass is 9.78. The van der Waals surface area contributed by atoms with Crippen molar-refractivity contribution in [3.8, 4) is 34.5 Å². The molecule has 6 aromatic carbocycles. The summed E-state index contributed by atoms with van der Waals surface area (Å²) < 4.78 is 57.3. The summed E-state index contributed by atoms with van der Waals surface area (Å²) in [6.45, 7) is 19.3. The van der Waals surface area contributed by atoms with Crippen LogP contribution in [-0.4, -0.2) is 182 Å². The number of rotatable bonds is 38. The van der Waals surface area contributed by atoms with E-state index in [1.54, 1.807) is 0 Å². The zero-order valence-corrected chi connectivity index (χ0v) is 52.3. The largest absolute Gasteiger partial charge is 0.491 e. The van der Waals surface area contributed by atoms with Gasteiger partial charge in [0.05, 0.1) is 19.8 Å². The van der Waals surface area contributed by atoms with Crippen molar-refractivity contribution in [1.82, 2.24) is 9.80 Å². The molecular weight excluding hydrogens is 1110 g/mol. The minimum atomic E-state index is -2.33. The van der Waals surface area contributed by atoms with Gasteiger partial charge < -0.3 is 67.2 Å². The first-order valence-electron chi connectivity index (χ1n) is 30.3. The van der Waals surface area contributed by atoms with Crippen LogP contribution in [0, 0.1) is 0 Å². The fourth-order valence-corrected chi connectivity index (χ4v) is 11.2. The summed E-state index contributed by atoms with van der Waals surface area (Å²) in [5.74, 6) is 4.35. The lowest BCUT2D eigenvalue weighted by molar-refractivity contribution is 0.0227. The number of hydrogen-bond acceptors (Lipinski definition) is 16. The second kappa shape index (κ2) is 30.2. The molecule has 0 aromatic heterocycles. The number of hydrogen-bond donors (Lipinski definition) is 4. The number of ether oxygens (including phenoxy) is 9. The molecule has 6 aromatic rings. The van der Waals surface area contributed by atoms with Crippen molar-refractivity contribution < 1.29 is 67.2 Å². The Bertz CT molecular complexity index is 2830. The van der Waals surface area contributed by atoms with Gasteiger partial charge in [-0.3, -0.25) is 9.80 Å². The molecule has 0 radical (unpaired) electrons. The van der Waals surface area contributed by atoms with Gasteiger partial charge in [-0.15, -0.1) is 0 Å². The van der Waals surface area contributed by atoms with Crippen LogP contribution in [-0.2, 0) is 34.9 Å².